The molecular formula is C16H16N2O2. The molecule has 0 unspecified atom stereocenters. The summed E-state index contributed by atoms with van der Waals surface area (Å²) in [6.45, 7) is 1.32. The van der Waals surface area contributed by atoms with Crippen molar-refractivity contribution in [2.75, 3.05) is 6.61 Å². The van der Waals surface area contributed by atoms with E-state index in [2.05, 4.69) is 16.4 Å². The van der Waals surface area contributed by atoms with Crippen LogP contribution >= 0.6 is 0 Å². The summed E-state index contributed by atoms with van der Waals surface area (Å²) in [7, 11) is 0. The predicted molar refractivity (Wildman–Crippen MR) is 75.7 cm³/mol. The Bertz CT molecular complexity index is 611. The van der Waals surface area contributed by atoms with Crippen LogP contribution in [-0.2, 0) is 13.0 Å². The molecule has 1 aliphatic rings. The van der Waals surface area contributed by atoms with Crippen LogP contribution in [0.25, 0.3) is 0 Å². The Balaban J connectivity index is 1.65. The van der Waals surface area contributed by atoms with Crippen LogP contribution in [0.15, 0.2) is 42.7 Å². The average molecular weight is 268 g/mol. The molecule has 2 aromatic rings. The summed E-state index contributed by atoms with van der Waals surface area (Å²) in [6.07, 6.45) is 5.33. The van der Waals surface area contributed by atoms with Gasteiger partial charge in [0.05, 0.1) is 6.61 Å². The molecule has 1 aromatic carbocycles. The highest BCUT2D eigenvalue weighted by atomic mass is 16.5. The molecule has 1 N–H and O–H groups in total. The number of carbonyl (C=O) groups excluding carboxylic acids is 1. The Morgan fingerprint density at radius 3 is 2.95 bits per heavy atom. The van der Waals surface area contributed by atoms with Crippen molar-refractivity contribution >= 4 is 5.91 Å². The van der Waals surface area contributed by atoms with Gasteiger partial charge >= 0.3 is 0 Å². The Hall–Kier alpha value is -2.36. The second kappa shape index (κ2) is 5.74. The maximum absolute atomic E-state index is 11.9. The number of nitrogens with zero attached hydrogens (tertiary/aromatic N) is 1. The van der Waals surface area contributed by atoms with E-state index in [0.29, 0.717) is 12.1 Å². The van der Waals surface area contributed by atoms with E-state index in [1.54, 1.807) is 24.5 Å². The van der Waals surface area contributed by atoms with Crippen molar-refractivity contribution in [3.05, 3.63) is 59.4 Å². The van der Waals surface area contributed by atoms with Gasteiger partial charge in [0.2, 0.25) is 0 Å². The van der Waals surface area contributed by atoms with Crippen LogP contribution in [0.3, 0.4) is 0 Å². The van der Waals surface area contributed by atoms with Gasteiger partial charge in [0.1, 0.15) is 5.75 Å². The number of aromatic nitrogens is 1. The Kier molecular flexibility index (Phi) is 3.63. The van der Waals surface area contributed by atoms with Crippen molar-refractivity contribution in [3.8, 4) is 5.75 Å². The molecule has 0 saturated heterocycles. The van der Waals surface area contributed by atoms with Gasteiger partial charge in [0, 0.05) is 24.5 Å². The number of rotatable bonds is 3. The lowest BCUT2D eigenvalue weighted by Crippen LogP contribution is -2.23. The van der Waals surface area contributed by atoms with Crippen molar-refractivity contribution in [1.29, 1.82) is 0 Å². The van der Waals surface area contributed by atoms with Gasteiger partial charge in [-0.3, -0.25) is 9.78 Å². The van der Waals surface area contributed by atoms with Gasteiger partial charge in [-0.25, -0.2) is 0 Å². The lowest BCUT2D eigenvalue weighted by Gasteiger charge is -2.18. The fourth-order valence-corrected chi connectivity index (χ4v) is 2.31. The minimum atomic E-state index is -0.0821. The molecule has 0 saturated carbocycles. The summed E-state index contributed by atoms with van der Waals surface area (Å²) < 4.78 is 5.58. The summed E-state index contributed by atoms with van der Waals surface area (Å²) in [4.78, 5) is 15.8. The molecule has 4 heteroatoms. The SMILES string of the molecule is O=C(NCc1ccc2c(c1)CCCO2)c1ccncc1. The standard InChI is InChI=1S/C16H16N2O2/c19-16(13-5-7-17-8-6-13)18-11-12-3-4-15-14(10-12)2-1-9-20-15/h3-8,10H,1-2,9,11H2,(H,18,19). The van der Waals surface area contributed by atoms with Crippen molar-refractivity contribution < 1.29 is 9.53 Å². The third kappa shape index (κ3) is 2.79. The molecule has 0 bridgehead atoms. The van der Waals surface area contributed by atoms with Crippen molar-refractivity contribution in [1.82, 2.24) is 10.3 Å². The Morgan fingerprint density at radius 1 is 1.25 bits per heavy atom. The van der Waals surface area contributed by atoms with Gasteiger partial charge in [-0.05, 0) is 42.2 Å². The molecule has 0 radical (unpaired) electrons. The van der Waals surface area contributed by atoms with E-state index in [0.717, 1.165) is 30.8 Å². The van der Waals surface area contributed by atoms with E-state index >= 15 is 0 Å². The average Bonchev–Trinajstić information content (AvgIpc) is 2.53. The minimum absolute atomic E-state index is 0.0821. The molecule has 1 aromatic heterocycles. The van der Waals surface area contributed by atoms with Crippen LogP contribution in [-0.4, -0.2) is 17.5 Å². The zero-order valence-corrected chi connectivity index (χ0v) is 11.1. The molecule has 4 nitrogen and oxygen atoms in total. The highest BCUT2D eigenvalue weighted by Crippen LogP contribution is 2.25. The first kappa shape index (κ1) is 12.7. The molecule has 0 fully saturated rings. The molecule has 2 heterocycles. The second-order valence-corrected chi connectivity index (χ2v) is 4.81. The highest BCUT2D eigenvalue weighted by Gasteiger charge is 2.11. The van der Waals surface area contributed by atoms with Crippen molar-refractivity contribution in [2.45, 2.75) is 19.4 Å². The van der Waals surface area contributed by atoms with E-state index in [1.165, 1.54) is 5.56 Å². The number of amides is 1. The van der Waals surface area contributed by atoms with Gasteiger partial charge in [-0.1, -0.05) is 12.1 Å². The molecule has 102 valence electrons. The fraction of sp³-hybridized carbons (Fsp3) is 0.250. The quantitative estimate of drug-likeness (QED) is 0.929. The second-order valence-electron chi connectivity index (χ2n) is 4.81. The molecule has 1 aliphatic heterocycles. The van der Waals surface area contributed by atoms with Crippen LogP contribution in [0.5, 0.6) is 5.75 Å². The van der Waals surface area contributed by atoms with E-state index < -0.39 is 0 Å². The third-order valence-electron chi connectivity index (χ3n) is 3.37. The zero-order chi connectivity index (χ0) is 13.8. The summed E-state index contributed by atoms with van der Waals surface area (Å²) in [6, 6.07) is 9.51. The van der Waals surface area contributed by atoms with Crippen molar-refractivity contribution in [3.63, 3.8) is 0 Å². The number of benzene rings is 1. The first-order valence-corrected chi connectivity index (χ1v) is 6.76. The minimum Gasteiger partial charge on any atom is -0.493 e. The van der Waals surface area contributed by atoms with Crippen LogP contribution in [0, 0.1) is 0 Å². The summed E-state index contributed by atoms with van der Waals surface area (Å²) in [5, 5.41) is 2.91. The summed E-state index contributed by atoms with van der Waals surface area (Å²) in [5.41, 5.74) is 2.95. The lowest BCUT2D eigenvalue weighted by molar-refractivity contribution is 0.0951. The number of carbonyl (C=O) groups is 1. The first-order chi connectivity index (χ1) is 9.83. The first-order valence-electron chi connectivity index (χ1n) is 6.76. The van der Waals surface area contributed by atoms with Gasteiger partial charge in [0.15, 0.2) is 0 Å². The number of nitrogens with one attached hydrogen (secondary N) is 1. The smallest absolute Gasteiger partial charge is 0.251 e. The van der Waals surface area contributed by atoms with Gasteiger partial charge in [-0.2, -0.15) is 0 Å². The molecule has 3 rings (SSSR count). The third-order valence-corrected chi connectivity index (χ3v) is 3.37. The predicted octanol–water partition coefficient (Wildman–Crippen LogP) is 2.34. The molecule has 0 atom stereocenters. The Labute approximate surface area is 117 Å². The van der Waals surface area contributed by atoms with Gasteiger partial charge in [-0.15, -0.1) is 0 Å². The van der Waals surface area contributed by atoms with E-state index in [-0.39, 0.29) is 5.91 Å². The zero-order valence-electron chi connectivity index (χ0n) is 11.1. The normalized spacial score (nSPS) is 13.2. The molecule has 1 amide bonds. The highest BCUT2D eigenvalue weighted by molar-refractivity contribution is 5.93. The van der Waals surface area contributed by atoms with E-state index in [4.69, 9.17) is 4.74 Å². The van der Waals surface area contributed by atoms with Crippen molar-refractivity contribution in [2.24, 2.45) is 0 Å². The van der Waals surface area contributed by atoms with Crippen LogP contribution in [0.2, 0.25) is 0 Å². The van der Waals surface area contributed by atoms with Crippen LogP contribution < -0.4 is 10.1 Å². The van der Waals surface area contributed by atoms with E-state index in [9.17, 15) is 4.79 Å². The molecule has 20 heavy (non-hydrogen) atoms. The molecular weight excluding hydrogens is 252 g/mol. The summed E-state index contributed by atoms with van der Waals surface area (Å²) >= 11 is 0. The van der Waals surface area contributed by atoms with E-state index in [1.807, 2.05) is 12.1 Å². The number of ether oxygens (including phenoxy) is 1. The monoisotopic (exact) mass is 268 g/mol. The van der Waals surface area contributed by atoms with Crippen LogP contribution in [0.4, 0.5) is 0 Å². The number of hydrogen-bond donors (Lipinski definition) is 1. The largest absolute Gasteiger partial charge is 0.493 e. The molecule has 0 aliphatic carbocycles. The maximum Gasteiger partial charge on any atom is 0.251 e. The van der Waals surface area contributed by atoms with Crippen LogP contribution in [0.1, 0.15) is 27.9 Å². The number of aryl methyl sites for hydroxylation is 1. The van der Waals surface area contributed by atoms with Gasteiger partial charge in [0.25, 0.3) is 5.91 Å². The maximum atomic E-state index is 11.9. The number of fused-ring (bicyclic) bond motifs is 1. The fourth-order valence-electron chi connectivity index (χ4n) is 2.31. The topological polar surface area (TPSA) is 51.2 Å². The van der Waals surface area contributed by atoms with Gasteiger partial charge < -0.3 is 10.1 Å². The summed E-state index contributed by atoms with van der Waals surface area (Å²) in [5.74, 6) is 0.891. The molecule has 0 spiro atoms. The Morgan fingerprint density at radius 2 is 2.10 bits per heavy atom. The number of pyridine rings is 1. The number of hydrogen-bond acceptors (Lipinski definition) is 3. The lowest BCUT2D eigenvalue weighted by atomic mass is 10.0.